The highest BCUT2D eigenvalue weighted by Gasteiger charge is 2.04. The van der Waals surface area contributed by atoms with Gasteiger partial charge >= 0.3 is 0 Å². The summed E-state index contributed by atoms with van der Waals surface area (Å²) >= 11 is 3.44. The molecule has 18 heavy (non-hydrogen) atoms. The molecule has 1 aromatic heterocycles. The Bertz CT molecular complexity index is 502. The number of anilines is 1. The number of aryl methyl sites for hydroxylation is 2. The van der Waals surface area contributed by atoms with E-state index in [0.717, 1.165) is 35.6 Å². The fourth-order valence-corrected chi connectivity index (χ4v) is 2.15. The van der Waals surface area contributed by atoms with E-state index in [1.807, 2.05) is 6.92 Å². The molecule has 0 bridgehead atoms. The predicted octanol–water partition coefficient (Wildman–Crippen LogP) is 3.98. The number of benzene rings is 1. The van der Waals surface area contributed by atoms with Crippen LogP contribution in [0.2, 0.25) is 0 Å². The normalized spacial score (nSPS) is 10.6. The fraction of sp³-hybridized carbons (Fsp3) is 0.357. The number of nitrogens with one attached hydrogen (secondary N) is 1. The highest BCUT2D eigenvalue weighted by atomic mass is 79.9. The zero-order chi connectivity index (χ0) is 13.0. The number of nitrogens with zero attached hydrogens (tertiary/aromatic N) is 2. The summed E-state index contributed by atoms with van der Waals surface area (Å²) in [7, 11) is 0. The van der Waals surface area contributed by atoms with Gasteiger partial charge in [0.2, 0.25) is 5.95 Å². The molecule has 0 unspecified atom stereocenters. The molecule has 0 fully saturated rings. The summed E-state index contributed by atoms with van der Waals surface area (Å²) < 4.78 is 3.28. The Kier molecular flexibility index (Phi) is 4.42. The van der Waals surface area contributed by atoms with E-state index >= 15 is 0 Å². The second-order valence-corrected chi connectivity index (χ2v) is 5.29. The lowest BCUT2D eigenvalue weighted by molar-refractivity contribution is 0.681. The van der Waals surface area contributed by atoms with Gasteiger partial charge in [0, 0.05) is 23.8 Å². The van der Waals surface area contributed by atoms with Gasteiger partial charge in [0.05, 0.1) is 5.69 Å². The maximum atomic E-state index is 4.50. The van der Waals surface area contributed by atoms with Gasteiger partial charge in [-0.1, -0.05) is 35.0 Å². The molecule has 4 heteroatoms. The first-order valence-corrected chi connectivity index (χ1v) is 7.00. The van der Waals surface area contributed by atoms with Crippen molar-refractivity contribution < 1.29 is 0 Å². The molecule has 0 saturated heterocycles. The Balaban J connectivity index is 2.03. The summed E-state index contributed by atoms with van der Waals surface area (Å²) in [6.07, 6.45) is 3.20. The summed E-state index contributed by atoms with van der Waals surface area (Å²) in [6, 6.07) is 8.33. The highest BCUT2D eigenvalue weighted by molar-refractivity contribution is 9.10. The van der Waals surface area contributed by atoms with Crippen LogP contribution in [0.15, 0.2) is 34.9 Å². The Morgan fingerprint density at radius 3 is 2.67 bits per heavy atom. The van der Waals surface area contributed by atoms with Gasteiger partial charge in [-0.15, -0.1) is 0 Å². The van der Waals surface area contributed by atoms with Crippen LogP contribution in [0.3, 0.4) is 0 Å². The molecule has 0 radical (unpaired) electrons. The lowest BCUT2D eigenvalue weighted by Crippen LogP contribution is -2.07. The molecule has 1 N–H and O–H groups in total. The van der Waals surface area contributed by atoms with Crippen molar-refractivity contribution in [2.45, 2.75) is 33.4 Å². The van der Waals surface area contributed by atoms with Crippen molar-refractivity contribution >= 4 is 21.9 Å². The van der Waals surface area contributed by atoms with Gasteiger partial charge in [0.25, 0.3) is 0 Å². The summed E-state index contributed by atoms with van der Waals surface area (Å²) in [5.74, 6) is 0.956. The predicted molar refractivity (Wildman–Crippen MR) is 78.7 cm³/mol. The molecule has 0 aliphatic heterocycles. The van der Waals surface area contributed by atoms with Gasteiger partial charge in [-0.3, -0.25) is 0 Å². The summed E-state index contributed by atoms with van der Waals surface area (Å²) in [6.45, 7) is 6.00. The van der Waals surface area contributed by atoms with Crippen LogP contribution in [0.5, 0.6) is 0 Å². The maximum absolute atomic E-state index is 4.50. The second kappa shape index (κ2) is 6.05. The fourth-order valence-electron chi connectivity index (χ4n) is 1.88. The number of imidazole rings is 1. The SMILES string of the molecule is CCCn1cc(C)nc1NCc1ccc(Br)cc1. The number of rotatable bonds is 5. The minimum absolute atomic E-state index is 0.799. The monoisotopic (exact) mass is 307 g/mol. The Hall–Kier alpha value is -1.29. The number of hydrogen-bond acceptors (Lipinski definition) is 2. The van der Waals surface area contributed by atoms with Gasteiger partial charge in [-0.2, -0.15) is 0 Å². The van der Waals surface area contributed by atoms with Gasteiger partial charge < -0.3 is 9.88 Å². The second-order valence-electron chi connectivity index (χ2n) is 4.38. The Labute approximate surface area is 116 Å². The highest BCUT2D eigenvalue weighted by Crippen LogP contribution is 2.13. The van der Waals surface area contributed by atoms with Crippen LogP contribution in [0.4, 0.5) is 5.95 Å². The molecule has 0 spiro atoms. The molecule has 2 rings (SSSR count). The van der Waals surface area contributed by atoms with Crippen LogP contribution in [-0.2, 0) is 13.1 Å². The van der Waals surface area contributed by atoms with E-state index in [1.54, 1.807) is 0 Å². The number of aromatic nitrogens is 2. The van der Waals surface area contributed by atoms with Crippen molar-refractivity contribution in [1.29, 1.82) is 0 Å². The molecule has 3 nitrogen and oxygen atoms in total. The van der Waals surface area contributed by atoms with Crippen molar-refractivity contribution in [3.05, 3.63) is 46.2 Å². The van der Waals surface area contributed by atoms with Crippen molar-refractivity contribution in [3.8, 4) is 0 Å². The van der Waals surface area contributed by atoms with Gasteiger partial charge in [0.1, 0.15) is 0 Å². The Morgan fingerprint density at radius 2 is 2.00 bits per heavy atom. The standard InChI is InChI=1S/C14H18BrN3/c1-3-8-18-10-11(2)17-14(18)16-9-12-4-6-13(15)7-5-12/h4-7,10H,3,8-9H2,1-2H3,(H,16,17). The third-order valence-corrected chi connectivity index (χ3v) is 3.25. The molecular weight excluding hydrogens is 290 g/mol. The van der Waals surface area contributed by atoms with Crippen molar-refractivity contribution in [2.24, 2.45) is 0 Å². The van der Waals surface area contributed by atoms with Crippen molar-refractivity contribution in [2.75, 3.05) is 5.32 Å². The first kappa shape index (κ1) is 13.1. The molecular formula is C14H18BrN3. The zero-order valence-corrected chi connectivity index (χ0v) is 12.4. The van der Waals surface area contributed by atoms with Gasteiger partial charge in [0.15, 0.2) is 0 Å². The third-order valence-electron chi connectivity index (χ3n) is 2.73. The van der Waals surface area contributed by atoms with Crippen LogP contribution >= 0.6 is 15.9 Å². The molecule has 0 amide bonds. The van der Waals surface area contributed by atoms with E-state index in [-0.39, 0.29) is 0 Å². The van der Waals surface area contributed by atoms with Crippen LogP contribution in [-0.4, -0.2) is 9.55 Å². The maximum Gasteiger partial charge on any atom is 0.203 e. The topological polar surface area (TPSA) is 29.9 Å². The molecule has 96 valence electrons. The third kappa shape index (κ3) is 3.35. The first-order valence-electron chi connectivity index (χ1n) is 6.21. The lowest BCUT2D eigenvalue weighted by atomic mass is 10.2. The number of hydrogen-bond donors (Lipinski definition) is 1. The molecule has 0 aliphatic rings. The molecule has 1 heterocycles. The van der Waals surface area contributed by atoms with Crippen LogP contribution in [0.25, 0.3) is 0 Å². The number of halogens is 1. The largest absolute Gasteiger partial charge is 0.352 e. The van der Waals surface area contributed by atoms with Crippen LogP contribution < -0.4 is 5.32 Å². The van der Waals surface area contributed by atoms with E-state index in [4.69, 9.17) is 0 Å². The van der Waals surface area contributed by atoms with E-state index in [9.17, 15) is 0 Å². The Morgan fingerprint density at radius 1 is 1.28 bits per heavy atom. The quantitative estimate of drug-likeness (QED) is 0.905. The van der Waals surface area contributed by atoms with E-state index < -0.39 is 0 Å². The van der Waals surface area contributed by atoms with Crippen LogP contribution in [0.1, 0.15) is 24.6 Å². The van der Waals surface area contributed by atoms with Gasteiger partial charge in [-0.25, -0.2) is 4.98 Å². The minimum Gasteiger partial charge on any atom is -0.352 e. The van der Waals surface area contributed by atoms with E-state index in [2.05, 4.69) is 68.2 Å². The first-order chi connectivity index (χ1) is 8.69. The minimum atomic E-state index is 0.799. The van der Waals surface area contributed by atoms with Crippen molar-refractivity contribution in [3.63, 3.8) is 0 Å². The van der Waals surface area contributed by atoms with Crippen molar-refractivity contribution in [1.82, 2.24) is 9.55 Å². The molecule has 2 aromatic rings. The summed E-state index contributed by atoms with van der Waals surface area (Å²) in [5.41, 5.74) is 2.31. The zero-order valence-electron chi connectivity index (χ0n) is 10.8. The lowest BCUT2D eigenvalue weighted by Gasteiger charge is -2.08. The summed E-state index contributed by atoms with van der Waals surface area (Å²) in [4.78, 5) is 4.50. The van der Waals surface area contributed by atoms with E-state index in [0.29, 0.717) is 0 Å². The average molecular weight is 308 g/mol. The summed E-state index contributed by atoms with van der Waals surface area (Å²) in [5, 5.41) is 3.39. The molecule has 0 aliphatic carbocycles. The molecule has 1 aromatic carbocycles. The molecule has 0 atom stereocenters. The average Bonchev–Trinajstić information content (AvgIpc) is 2.70. The smallest absolute Gasteiger partial charge is 0.203 e. The van der Waals surface area contributed by atoms with E-state index in [1.165, 1.54) is 5.56 Å². The molecule has 0 saturated carbocycles. The van der Waals surface area contributed by atoms with Crippen LogP contribution in [0, 0.1) is 6.92 Å². The van der Waals surface area contributed by atoms with Gasteiger partial charge in [-0.05, 0) is 31.0 Å².